The molecule has 0 spiro atoms. The number of amides is 1. The van der Waals surface area contributed by atoms with Crippen LogP contribution in [0, 0.1) is 12.8 Å². The van der Waals surface area contributed by atoms with Crippen LogP contribution < -0.4 is 5.32 Å². The van der Waals surface area contributed by atoms with Crippen LogP contribution in [-0.4, -0.2) is 26.6 Å². The summed E-state index contributed by atoms with van der Waals surface area (Å²) in [5.41, 5.74) is 3.18. The molecule has 1 amide bonds. The summed E-state index contributed by atoms with van der Waals surface area (Å²) in [6.07, 6.45) is 5.03. The number of anilines is 1. The second-order valence-corrected chi connectivity index (χ2v) is 10.7. The van der Waals surface area contributed by atoms with E-state index in [0.29, 0.717) is 5.75 Å². The van der Waals surface area contributed by atoms with E-state index in [1.807, 2.05) is 25.1 Å². The quantitative estimate of drug-likeness (QED) is 0.337. The molecule has 148 valence electrons. The third-order valence-corrected chi connectivity index (χ3v) is 8.26. The van der Waals surface area contributed by atoms with E-state index in [2.05, 4.69) is 27.2 Å². The van der Waals surface area contributed by atoms with Crippen molar-refractivity contribution >= 4 is 66.5 Å². The third kappa shape index (κ3) is 3.76. The van der Waals surface area contributed by atoms with Gasteiger partial charge in [0.25, 0.3) is 0 Å². The number of nitrogens with one attached hydrogen (secondary N) is 1. The zero-order chi connectivity index (χ0) is 20.0. The molecule has 1 aliphatic rings. The highest BCUT2D eigenvalue weighted by molar-refractivity contribution is 8.00. The molecule has 1 unspecified atom stereocenters. The zero-order valence-electron chi connectivity index (χ0n) is 16.2. The number of hydrogen-bond acceptors (Lipinski definition) is 7. The van der Waals surface area contributed by atoms with Gasteiger partial charge in [-0.2, -0.15) is 0 Å². The van der Waals surface area contributed by atoms with E-state index >= 15 is 0 Å². The fraction of sp³-hybridized carbons (Fsp3) is 0.333. The van der Waals surface area contributed by atoms with Crippen LogP contribution in [0.5, 0.6) is 0 Å². The van der Waals surface area contributed by atoms with E-state index in [9.17, 15) is 4.79 Å². The molecule has 3 heterocycles. The number of thioether (sulfide) groups is 1. The standard InChI is InChI=1S/C21H20N4OS3/c1-11-3-5-14-16(7-11)29-21-19(14)20(22-10-23-21)27-9-18(26)25-13-4-6-15-17(8-13)28-12(2)24-15/h4,6,8,10-11H,3,5,7,9H2,1-2H3,(H,25,26). The van der Waals surface area contributed by atoms with Crippen molar-refractivity contribution in [1.82, 2.24) is 15.0 Å². The summed E-state index contributed by atoms with van der Waals surface area (Å²) >= 11 is 4.92. The lowest BCUT2D eigenvalue weighted by Gasteiger charge is -2.18. The van der Waals surface area contributed by atoms with E-state index in [1.54, 1.807) is 29.0 Å². The average Bonchev–Trinajstić information content (AvgIpc) is 3.24. The zero-order valence-corrected chi connectivity index (χ0v) is 18.6. The molecule has 0 saturated heterocycles. The maximum Gasteiger partial charge on any atom is 0.234 e. The molecule has 0 bridgehead atoms. The number of carbonyl (C=O) groups excluding carboxylic acids is 1. The van der Waals surface area contributed by atoms with Crippen LogP contribution in [0.3, 0.4) is 0 Å². The Morgan fingerprint density at radius 2 is 2.21 bits per heavy atom. The minimum Gasteiger partial charge on any atom is -0.325 e. The van der Waals surface area contributed by atoms with Crippen LogP contribution in [0.15, 0.2) is 29.6 Å². The van der Waals surface area contributed by atoms with E-state index in [-0.39, 0.29) is 5.91 Å². The van der Waals surface area contributed by atoms with Crippen molar-refractivity contribution in [3.8, 4) is 0 Å². The molecular weight excluding hydrogens is 420 g/mol. The summed E-state index contributed by atoms with van der Waals surface area (Å²) in [7, 11) is 0. The van der Waals surface area contributed by atoms with Gasteiger partial charge in [0.15, 0.2) is 0 Å². The Labute approximate surface area is 181 Å². The van der Waals surface area contributed by atoms with Crippen molar-refractivity contribution in [2.75, 3.05) is 11.1 Å². The van der Waals surface area contributed by atoms with Crippen molar-refractivity contribution in [2.24, 2.45) is 5.92 Å². The minimum atomic E-state index is -0.0277. The van der Waals surface area contributed by atoms with E-state index in [0.717, 1.165) is 49.5 Å². The summed E-state index contributed by atoms with van der Waals surface area (Å²) in [6.45, 7) is 4.30. The normalized spacial score (nSPS) is 16.3. The highest BCUT2D eigenvalue weighted by atomic mass is 32.2. The number of aromatic nitrogens is 3. The second-order valence-electron chi connectivity index (χ2n) is 7.46. The van der Waals surface area contributed by atoms with Gasteiger partial charge < -0.3 is 5.32 Å². The van der Waals surface area contributed by atoms with Gasteiger partial charge in [0.1, 0.15) is 16.2 Å². The highest BCUT2D eigenvalue weighted by Crippen LogP contribution is 2.40. The number of hydrogen-bond donors (Lipinski definition) is 1. The predicted molar refractivity (Wildman–Crippen MR) is 122 cm³/mol. The van der Waals surface area contributed by atoms with Gasteiger partial charge in [0.05, 0.1) is 21.0 Å². The molecule has 3 aromatic heterocycles. The van der Waals surface area contributed by atoms with E-state index in [1.165, 1.54) is 34.0 Å². The van der Waals surface area contributed by atoms with Gasteiger partial charge in [0.2, 0.25) is 5.91 Å². The van der Waals surface area contributed by atoms with Crippen LogP contribution in [0.2, 0.25) is 0 Å². The average molecular weight is 441 g/mol. The summed E-state index contributed by atoms with van der Waals surface area (Å²) in [5, 5.41) is 6.12. The monoisotopic (exact) mass is 440 g/mol. The lowest BCUT2D eigenvalue weighted by atomic mass is 9.89. The Kier molecular flexibility index (Phi) is 5.01. The summed E-state index contributed by atoms with van der Waals surface area (Å²) in [4.78, 5) is 28.5. The Bertz CT molecular complexity index is 1230. The molecule has 1 aliphatic carbocycles. The largest absolute Gasteiger partial charge is 0.325 e. The molecule has 5 rings (SSSR count). The molecule has 0 saturated carbocycles. The molecule has 0 radical (unpaired) electrons. The van der Waals surface area contributed by atoms with Crippen LogP contribution in [0.1, 0.15) is 28.8 Å². The van der Waals surface area contributed by atoms with Crippen molar-refractivity contribution in [3.05, 3.63) is 40.0 Å². The fourth-order valence-corrected chi connectivity index (χ4v) is 6.91. The minimum absolute atomic E-state index is 0.0277. The SMILES string of the molecule is Cc1nc2ccc(NC(=O)CSc3ncnc4sc5c(c34)CCC(C)C5)cc2s1. The van der Waals surface area contributed by atoms with Gasteiger partial charge in [-0.25, -0.2) is 15.0 Å². The van der Waals surface area contributed by atoms with Crippen LogP contribution in [0.4, 0.5) is 5.69 Å². The molecule has 1 N–H and O–H groups in total. The van der Waals surface area contributed by atoms with Gasteiger partial charge in [0, 0.05) is 16.0 Å². The number of thiophene rings is 1. The molecule has 0 fully saturated rings. The van der Waals surface area contributed by atoms with Gasteiger partial charge in [-0.1, -0.05) is 18.7 Å². The first-order chi connectivity index (χ1) is 14.1. The highest BCUT2D eigenvalue weighted by Gasteiger charge is 2.23. The Morgan fingerprint density at radius 1 is 1.31 bits per heavy atom. The molecule has 29 heavy (non-hydrogen) atoms. The maximum absolute atomic E-state index is 12.5. The lowest BCUT2D eigenvalue weighted by molar-refractivity contribution is -0.113. The number of carbonyl (C=O) groups is 1. The van der Waals surface area contributed by atoms with Crippen molar-refractivity contribution in [3.63, 3.8) is 0 Å². The molecule has 8 heteroatoms. The van der Waals surface area contributed by atoms with E-state index < -0.39 is 0 Å². The Morgan fingerprint density at radius 3 is 3.10 bits per heavy atom. The Hall–Kier alpha value is -2.03. The number of rotatable bonds is 4. The first-order valence-corrected chi connectivity index (χ1v) is 12.2. The van der Waals surface area contributed by atoms with Gasteiger partial charge in [-0.3, -0.25) is 4.79 Å². The van der Waals surface area contributed by atoms with Crippen LogP contribution in [0.25, 0.3) is 20.4 Å². The number of nitrogens with zero attached hydrogens (tertiary/aromatic N) is 3. The van der Waals surface area contributed by atoms with Gasteiger partial charge in [-0.05, 0) is 55.9 Å². The van der Waals surface area contributed by atoms with Gasteiger partial charge in [-0.15, -0.1) is 22.7 Å². The molecule has 1 aromatic carbocycles. The topological polar surface area (TPSA) is 67.8 Å². The molecule has 5 nitrogen and oxygen atoms in total. The maximum atomic E-state index is 12.5. The summed E-state index contributed by atoms with van der Waals surface area (Å²) < 4.78 is 1.09. The van der Waals surface area contributed by atoms with Crippen molar-refractivity contribution < 1.29 is 4.79 Å². The number of fused-ring (bicyclic) bond motifs is 4. The smallest absolute Gasteiger partial charge is 0.234 e. The van der Waals surface area contributed by atoms with Gasteiger partial charge >= 0.3 is 0 Å². The number of benzene rings is 1. The van der Waals surface area contributed by atoms with Crippen molar-refractivity contribution in [2.45, 2.75) is 38.1 Å². The molecule has 4 aromatic rings. The third-order valence-electron chi connectivity index (χ3n) is 5.18. The van der Waals surface area contributed by atoms with Crippen LogP contribution >= 0.6 is 34.4 Å². The molecule has 1 atom stereocenters. The van der Waals surface area contributed by atoms with E-state index in [4.69, 9.17) is 0 Å². The number of aryl methyl sites for hydroxylation is 2. The second kappa shape index (κ2) is 7.66. The lowest BCUT2D eigenvalue weighted by Crippen LogP contribution is -2.14. The first kappa shape index (κ1) is 19.0. The first-order valence-electron chi connectivity index (χ1n) is 9.62. The molecular formula is C21H20N4OS3. The van der Waals surface area contributed by atoms with Crippen molar-refractivity contribution in [1.29, 1.82) is 0 Å². The summed E-state index contributed by atoms with van der Waals surface area (Å²) in [6, 6.07) is 5.85. The number of thiazole rings is 1. The predicted octanol–water partition coefficient (Wildman–Crippen LogP) is 5.47. The molecule has 0 aliphatic heterocycles. The Balaban J connectivity index is 1.32. The van der Waals surface area contributed by atoms with Crippen LogP contribution in [-0.2, 0) is 17.6 Å². The fourth-order valence-electron chi connectivity index (χ4n) is 3.80. The summed E-state index contributed by atoms with van der Waals surface area (Å²) in [5.74, 6) is 1.03.